The highest BCUT2D eigenvalue weighted by atomic mass is 35.5. The standard InChI is InChI=1S/C11H15NO2.ClH/c1-14-9-4-2-3-8(11(9)13)10(12)7-5-6-7;/h2-4,7,10,13H,5-6,12H2,1H3;1H/t10-;/m1./s1. The maximum absolute atomic E-state index is 9.83. The zero-order valence-corrected chi connectivity index (χ0v) is 9.46. The SMILES string of the molecule is COc1cccc([C@H](N)C2CC2)c1O.Cl. The summed E-state index contributed by atoms with van der Waals surface area (Å²) in [6.45, 7) is 0. The lowest BCUT2D eigenvalue weighted by Crippen LogP contribution is -2.12. The number of aromatic hydroxyl groups is 1. The van der Waals surface area contributed by atoms with Crippen molar-refractivity contribution in [2.45, 2.75) is 18.9 Å². The second-order valence-corrected chi connectivity index (χ2v) is 3.76. The van der Waals surface area contributed by atoms with Gasteiger partial charge in [-0.3, -0.25) is 0 Å². The molecule has 0 saturated heterocycles. The van der Waals surface area contributed by atoms with Gasteiger partial charge in [0.1, 0.15) is 0 Å². The molecule has 0 radical (unpaired) electrons. The van der Waals surface area contributed by atoms with E-state index in [4.69, 9.17) is 10.5 Å². The second-order valence-electron chi connectivity index (χ2n) is 3.76. The van der Waals surface area contributed by atoms with Gasteiger partial charge < -0.3 is 15.6 Å². The molecule has 0 aliphatic heterocycles. The summed E-state index contributed by atoms with van der Waals surface area (Å²) in [5, 5.41) is 9.83. The van der Waals surface area contributed by atoms with Crippen LogP contribution in [0.4, 0.5) is 0 Å². The third kappa shape index (κ3) is 2.36. The summed E-state index contributed by atoms with van der Waals surface area (Å²) in [5.41, 5.74) is 6.81. The Balaban J connectivity index is 0.00000112. The molecule has 1 aliphatic carbocycles. The van der Waals surface area contributed by atoms with Crippen LogP contribution in [0.2, 0.25) is 0 Å². The molecule has 0 spiro atoms. The van der Waals surface area contributed by atoms with Crippen molar-refractivity contribution in [1.82, 2.24) is 0 Å². The maximum atomic E-state index is 9.83. The summed E-state index contributed by atoms with van der Waals surface area (Å²) in [7, 11) is 1.54. The number of phenolic OH excluding ortho intramolecular Hbond substituents is 1. The lowest BCUT2D eigenvalue weighted by atomic mass is 10.0. The first kappa shape index (κ1) is 12.1. The number of para-hydroxylation sites is 1. The summed E-state index contributed by atoms with van der Waals surface area (Å²) in [4.78, 5) is 0. The fourth-order valence-corrected chi connectivity index (χ4v) is 1.68. The number of nitrogens with two attached hydrogens (primary N) is 1. The van der Waals surface area contributed by atoms with Crippen LogP contribution in [0.25, 0.3) is 0 Å². The number of methoxy groups -OCH3 is 1. The molecule has 3 N–H and O–H groups in total. The van der Waals surface area contributed by atoms with E-state index in [9.17, 15) is 5.11 Å². The van der Waals surface area contributed by atoms with Crippen LogP contribution in [0.15, 0.2) is 18.2 Å². The maximum Gasteiger partial charge on any atom is 0.162 e. The van der Waals surface area contributed by atoms with E-state index in [1.54, 1.807) is 13.2 Å². The highest BCUT2D eigenvalue weighted by Crippen LogP contribution is 2.43. The zero-order chi connectivity index (χ0) is 10.1. The normalized spacial score (nSPS) is 16.7. The molecule has 3 nitrogen and oxygen atoms in total. The summed E-state index contributed by atoms with van der Waals surface area (Å²) >= 11 is 0. The number of benzene rings is 1. The molecule has 0 unspecified atom stereocenters. The lowest BCUT2D eigenvalue weighted by Gasteiger charge is -2.14. The summed E-state index contributed by atoms with van der Waals surface area (Å²) in [6.07, 6.45) is 2.33. The lowest BCUT2D eigenvalue weighted by molar-refractivity contribution is 0.367. The van der Waals surface area contributed by atoms with Crippen LogP contribution in [-0.2, 0) is 0 Å². The number of hydrogen-bond acceptors (Lipinski definition) is 3. The molecule has 0 heterocycles. The Morgan fingerprint density at radius 2 is 2.13 bits per heavy atom. The first-order valence-corrected chi connectivity index (χ1v) is 4.85. The fraction of sp³-hybridized carbons (Fsp3) is 0.455. The third-order valence-corrected chi connectivity index (χ3v) is 2.74. The number of ether oxygens (including phenoxy) is 1. The van der Waals surface area contributed by atoms with Crippen LogP contribution in [-0.4, -0.2) is 12.2 Å². The molecule has 15 heavy (non-hydrogen) atoms. The van der Waals surface area contributed by atoms with Gasteiger partial charge in [0, 0.05) is 11.6 Å². The molecule has 1 atom stereocenters. The van der Waals surface area contributed by atoms with Crippen molar-refractivity contribution >= 4 is 12.4 Å². The van der Waals surface area contributed by atoms with Crippen molar-refractivity contribution in [2.24, 2.45) is 11.7 Å². The molecule has 84 valence electrons. The first-order chi connectivity index (χ1) is 6.74. The van der Waals surface area contributed by atoms with Gasteiger partial charge in [-0.2, -0.15) is 0 Å². The molecule has 1 saturated carbocycles. The minimum atomic E-state index is -0.0508. The van der Waals surface area contributed by atoms with E-state index in [1.807, 2.05) is 12.1 Å². The predicted octanol–water partition coefficient (Wildman–Crippen LogP) is 2.23. The minimum absolute atomic E-state index is 0. The number of phenols is 1. The molecule has 1 fully saturated rings. The van der Waals surface area contributed by atoms with E-state index in [1.165, 1.54) is 0 Å². The van der Waals surface area contributed by atoms with Gasteiger partial charge in [-0.15, -0.1) is 12.4 Å². The Morgan fingerprint density at radius 3 is 2.67 bits per heavy atom. The average Bonchev–Trinajstić information content (AvgIpc) is 3.00. The van der Waals surface area contributed by atoms with E-state index < -0.39 is 0 Å². The molecule has 2 rings (SSSR count). The van der Waals surface area contributed by atoms with Gasteiger partial charge in [0.05, 0.1) is 7.11 Å². The molecular weight excluding hydrogens is 214 g/mol. The Hall–Kier alpha value is -0.930. The van der Waals surface area contributed by atoms with Gasteiger partial charge >= 0.3 is 0 Å². The Labute approximate surface area is 95.7 Å². The van der Waals surface area contributed by atoms with E-state index in [0.717, 1.165) is 18.4 Å². The van der Waals surface area contributed by atoms with Crippen LogP contribution >= 0.6 is 12.4 Å². The molecule has 0 aromatic heterocycles. The van der Waals surface area contributed by atoms with E-state index in [2.05, 4.69) is 0 Å². The highest BCUT2D eigenvalue weighted by molar-refractivity contribution is 5.85. The highest BCUT2D eigenvalue weighted by Gasteiger charge is 2.31. The van der Waals surface area contributed by atoms with E-state index >= 15 is 0 Å². The van der Waals surface area contributed by atoms with Crippen molar-refractivity contribution in [3.63, 3.8) is 0 Å². The quantitative estimate of drug-likeness (QED) is 0.836. The van der Waals surface area contributed by atoms with Gasteiger partial charge in [-0.05, 0) is 24.8 Å². The van der Waals surface area contributed by atoms with Gasteiger partial charge in [0.2, 0.25) is 0 Å². The number of hydrogen-bond donors (Lipinski definition) is 2. The molecule has 1 aromatic rings. The van der Waals surface area contributed by atoms with Crippen molar-refractivity contribution in [3.8, 4) is 11.5 Å². The summed E-state index contributed by atoms with van der Waals surface area (Å²) in [5.74, 6) is 1.22. The second kappa shape index (κ2) is 4.73. The fourth-order valence-electron chi connectivity index (χ4n) is 1.68. The Bertz CT molecular complexity index is 339. The Kier molecular flexibility index (Phi) is 3.83. The van der Waals surface area contributed by atoms with Crippen molar-refractivity contribution < 1.29 is 9.84 Å². The molecule has 4 heteroatoms. The van der Waals surface area contributed by atoms with Gasteiger partial charge in [-0.25, -0.2) is 0 Å². The van der Waals surface area contributed by atoms with Crippen LogP contribution in [0.1, 0.15) is 24.4 Å². The molecule has 0 bridgehead atoms. The predicted molar refractivity (Wildman–Crippen MR) is 61.6 cm³/mol. The van der Waals surface area contributed by atoms with Gasteiger partial charge in [-0.1, -0.05) is 12.1 Å². The monoisotopic (exact) mass is 229 g/mol. The molecule has 1 aliphatic rings. The molecule has 0 amide bonds. The zero-order valence-electron chi connectivity index (χ0n) is 8.64. The van der Waals surface area contributed by atoms with Crippen LogP contribution < -0.4 is 10.5 Å². The molecule has 1 aromatic carbocycles. The largest absolute Gasteiger partial charge is 0.504 e. The third-order valence-electron chi connectivity index (χ3n) is 2.74. The Morgan fingerprint density at radius 1 is 1.47 bits per heavy atom. The van der Waals surface area contributed by atoms with Crippen LogP contribution in [0.3, 0.4) is 0 Å². The van der Waals surface area contributed by atoms with Crippen LogP contribution in [0, 0.1) is 5.92 Å². The van der Waals surface area contributed by atoms with Crippen LogP contribution in [0.5, 0.6) is 11.5 Å². The number of halogens is 1. The number of rotatable bonds is 3. The smallest absolute Gasteiger partial charge is 0.162 e. The topological polar surface area (TPSA) is 55.5 Å². The van der Waals surface area contributed by atoms with E-state index in [0.29, 0.717) is 11.7 Å². The van der Waals surface area contributed by atoms with Gasteiger partial charge in [0.15, 0.2) is 11.5 Å². The van der Waals surface area contributed by atoms with Gasteiger partial charge in [0.25, 0.3) is 0 Å². The summed E-state index contributed by atoms with van der Waals surface area (Å²) in [6, 6.07) is 5.40. The van der Waals surface area contributed by atoms with Crippen molar-refractivity contribution in [1.29, 1.82) is 0 Å². The van der Waals surface area contributed by atoms with Crippen molar-refractivity contribution in [3.05, 3.63) is 23.8 Å². The average molecular weight is 230 g/mol. The van der Waals surface area contributed by atoms with Crippen molar-refractivity contribution in [2.75, 3.05) is 7.11 Å². The summed E-state index contributed by atoms with van der Waals surface area (Å²) < 4.78 is 5.03. The minimum Gasteiger partial charge on any atom is -0.504 e. The first-order valence-electron chi connectivity index (χ1n) is 4.85. The molecular formula is C11H16ClNO2. The van der Waals surface area contributed by atoms with E-state index in [-0.39, 0.29) is 24.2 Å².